The van der Waals surface area contributed by atoms with Gasteiger partial charge in [0, 0.05) is 20.8 Å². The molecule has 3 heterocycles. The summed E-state index contributed by atoms with van der Waals surface area (Å²) in [7, 11) is 0. The lowest BCUT2D eigenvalue weighted by Gasteiger charge is -2.30. The van der Waals surface area contributed by atoms with Gasteiger partial charge in [0.25, 0.3) is 0 Å². The van der Waals surface area contributed by atoms with Crippen molar-refractivity contribution < 1.29 is 53.7 Å². The standard InChI is InChI=1S/C47H59N9O11S3/c1-45(2)32(42(62)63)50-26(68-45)22-49-36(58)28(24-18-12-8-13-19-24)51-39(61)31(41-56-34(44(66)67)47(5,6)70-41)54-37(59)29(25-20-14-9-15-21-25)52-38(60)30(40-55-33(43(64)65)46(3,4)69-40)53-35(57)27(48)23-16-10-7-11-17-23/h7-21,26-34,40-41,50,55-56H,22,48H2,1-6H3,(H,49,58)(H,51,61)(H,52,60)(H,53,57)(H,54,59)(H,62,63)(H,64,65)(H,66,67)/t26?,27-,28-,29-,30?,31?,32+,33+,34+,40?,41?/m1/s1. The van der Waals surface area contributed by atoms with E-state index >= 15 is 0 Å². The van der Waals surface area contributed by atoms with Gasteiger partial charge in [-0.05, 0) is 58.2 Å². The van der Waals surface area contributed by atoms with Crippen LogP contribution in [0.25, 0.3) is 0 Å². The van der Waals surface area contributed by atoms with Gasteiger partial charge >= 0.3 is 17.9 Å². The van der Waals surface area contributed by atoms with Crippen LogP contribution in [-0.4, -0.2) is 130 Å². The van der Waals surface area contributed by atoms with Crippen molar-refractivity contribution >= 4 is 82.7 Å². The summed E-state index contributed by atoms with van der Waals surface area (Å²) >= 11 is 3.49. The van der Waals surface area contributed by atoms with Gasteiger partial charge < -0.3 is 47.6 Å². The van der Waals surface area contributed by atoms with Crippen LogP contribution in [0.2, 0.25) is 0 Å². The van der Waals surface area contributed by atoms with Gasteiger partial charge in [0.2, 0.25) is 29.5 Å². The van der Waals surface area contributed by atoms with Crippen molar-refractivity contribution in [2.24, 2.45) is 5.73 Å². The largest absolute Gasteiger partial charge is 0.480 e. The molecule has 0 saturated carbocycles. The third-order valence-corrected chi connectivity index (χ3v) is 16.6. The second kappa shape index (κ2) is 22.2. The summed E-state index contributed by atoms with van der Waals surface area (Å²) in [4.78, 5) is 109. The maximum absolute atomic E-state index is 14.9. The Morgan fingerprint density at radius 2 is 0.857 bits per heavy atom. The van der Waals surface area contributed by atoms with Crippen molar-refractivity contribution in [3.63, 3.8) is 0 Å². The third kappa shape index (κ3) is 12.6. The van der Waals surface area contributed by atoms with Gasteiger partial charge in [-0.1, -0.05) is 91.0 Å². The predicted octanol–water partition coefficient (Wildman–Crippen LogP) is 1.17. The summed E-state index contributed by atoms with van der Waals surface area (Å²) in [6, 6.07) is 14.0. The minimum absolute atomic E-state index is 0.0218. The van der Waals surface area contributed by atoms with Crippen molar-refractivity contribution in [1.29, 1.82) is 0 Å². The number of carbonyl (C=O) groups is 8. The van der Waals surface area contributed by atoms with E-state index in [1.807, 2.05) is 0 Å². The lowest BCUT2D eigenvalue weighted by molar-refractivity contribution is -0.141. The molecule has 23 heteroatoms. The number of thioether (sulfide) groups is 3. The third-order valence-electron chi connectivity index (χ3n) is 12.2. The first kappa shape index (κ1) is 53.7. The smallest absolute Gasteiger partial charge is 0.322 e. The van der Waals surface area contributed by atoms with Crippen LogP contribution in [0.15, 0.2) is 91.0 Å². The van der Waals surface area contributed by atoms with Crippen LogP contribution in [0, 0.1) is 0 Å². The highest BCUT2D eigenvalue weighted by atomic mass is 32.2. The van der Waals surface area contributed by atoms with Gasteiger partial charge in [-0.15, -0.1) is 35.3 Å². The van der Waals surface area contributed by atoms with Crippen molar-refractivity contribution in [2.75, 3.05) is 6.54 Å². The number of carboxylic acid groups (broad SMARTS) is 3. The number of amides is 5. The number of nitrogens with one attached hydrogen (secondary N) is 8. The molecule has 20 nitrogen and oxygen atoms in total. The summed E-state index contributed by atoms with van der Waals surface area (Å²) in [6.45, 7) is 10.2. The first-order valence-electron chi connectivity index (χ1n) is 22.3. The van der Waals surface area contributed by atoms with Gasteiger partial charge in [0.15, 0.2) is 0 Å². The van der Waals surface area contributed by atoms with E-state index in [2.05, 4.69) is 42.5 Å². The van der Waals surface area contributed by atoms with Crippen molar-refractivity contribution in [3.05, 3.63) is 108 Å². The van der Waals surface area contributed by atoms with Crippen molar-refractivity contribution in [1.82, 2.24) is 42.5 Å². The number of benzene rings is 3. The van der Waals surface area contributed by atoms with Crippen LogP contribution >= 0.6 is 35.3 Å². The van der Waals surface area contributed by atoms with E-state index in [9.17, 15) is 53.7 Å². The van der Waals surface area contributed by atoms with Crippen LogP contribution in [0.1, 0.15) is 76.4 Å². The molecule has 376 valence electrons. The van der Waals surface area contributed by atoms with Crippen LogP contribution in [0.5, 0.6) is 0 Å². The molecule has 3 aromatic carbocycles. The van der Waals surface area contributed by atoms with Gasteiger partial charge in [0.1, 0.15) is 48.3 Å². The Balaban J connectivity index is 1.31. The molecule has 5 amide bonds. The number of hydrogen-bond acceptors (Lipinski definition) is 15. The molecule has 0 aromatic heterocycles. The van der Waals surface area contributed by atoms with Gasteiger partial charge in [-0.3, -0.25) is 54.3 Å². The maximum atomic E-state index is 14.9. The average molecular weight is 1020 g/mol. The Labute approximate surface area is 417 Å². The molecule has 3 saturated heterocycles. The molecule has 3 aliphatic rings. The second-order valence-electron chi connectivity index (χ2n) is 18.6. The number of carboxylic acids is 3. The highest BCUT2D eigenvalue weighted by Crippen LogP contribution is 2.41. The first-order chi connectivity index (χ1) is 32.9. The second-order valence-corrected chi connectivity index (χ2v) is 24.1. The normalized spacial score (nSPS) is 25.2. The van der Waals surface area contributed by atoms with Crippen LogP contribution in [0.4, 0.5) is 0 Å². The molecule has 3 aliphatic heterocycles. The molecule has 0 bridgehead atoms. The van der Waals surface area contributed by atoms with Crippen molar-refractivity contribution in [2.45, 2.75) is 120 Å². The molecule has 0 spiro atoms. The molecule has 0 radical (unpaired) electrons. The summed E-state index contributed by atoms with van der Waals surface area (Å²) in [5.41, 5.74) is 7.37. The SMILES string of the molecule is CC1(C)SC(CNC(=O)[C@H](NC(=O)C(NC(=O)[C@H](NC(=O)C(NC(=O)[C@H](N)c2ccccc2)C2N[C@@H](C(=O)O)C(C)(C)S2)c2ccccc2)C2N[C@@H](C(=O)O)C(C)(C)S2)c2ccccc2)N[C@H]1C(=O)O. The molecule has 70 heavy (non-hydrogen) atoms. The monoisotopic (exact) mass is 1020 g/mol. The summed E-state index contributed by atoms with van der Waals surface area (Å²) < 4.78 is -2.72. The van der Waals surface area contributed by atoms with Crippen molar-refractivity contribution in [3.8, 4) is 0 Å². The molecule has 5 unspecified atom stereocenters. The summed E-state index contributed by atoms with van der Waals surface area (Å²) in [6.07, 6.45) is 0. The quantitative estimate of drug-likeness (QED) is 0.0802. The number of rotatable bonds is 19. The maximum Gasteiger partial charge on any atom is 0.322 e. The lowest BCUT2D eigenvalue weighted by atomic mass is 10.0. The van der Waals surface area contributed by atoms with Crippen LogP contribution in [-0.2, 0) is 38.4 Å². The fourth-order valence-corrected chi connectivity index (χ4v) is 12.9. The molecular weight excluding hydrogens is 963 g/mol. The van der Waals surface area contributed by atoms with E-state index in [0.29, 0.717) is 11.1 Å². The Hall–Kier alpha value is -5.69. The van der Waals surface area contributed by atoms with E-state index in [1.54, 1.807) is 133 Å². The van der Waals surface area contributed by atoms with E-state index in [1.165, 1.54) is 11.8 Å². The number of aliphatic carboxylic acids is 3. The first-order valence-corrected chi connectivity index (χ1v) is 24.9. The van der Waals surface area contributed by atoms with E-state index in [4.69, 9.17) is 5.73 Å². The highest BCUT2D eigenvalue weighted by molar-refractivity contribution is 8.02. The Morgan fingerprint density at radius 3 is 1.24 bits per heavy atom. The van der Waals surface area contributed by atoms with Gasteiger partial charge in [-0.2, -0.15) is 0 Å². The molecule has 0 aliphatic carbocycles. The summed E-state index contributed by atoms with van der Waals surface area (Å²) in [5.74, 6) is -7.67. The number of nitrogens with two attached hydrogens (primary N) is 1. The highest BCUT2D eigenvalue weighted by Gasteiger charge is 2.52. The number of carbonyl (C=O) groups excluding carboxylic acids is 5. The average Bonchev–Trinajstić information content (AvgIpc) is 3.94. The molecule has 6 rings (SSSR count). The minimum atomic E-state index is -1.61. The fourth-order valence-electron chi connectivity index (χ4n) is 8.48. The van der Waals surface area contributed by atoms with Gasteiger partial charge in [0.05, 0.1) is 16.1 Å². The minimum Gasteiger partial charge on any atom is -0.480 e. The zero-order valence-electron chi connectivity index (χ0n) is 39.1. The van der Waals surface area contributed by atoms with Gasteiger partial charge in [-0.25, -0.2) is 0 Å². The van der Waals surface area contributed by atoms with E-state index in [0.717, 1.165) is 23.5 Å². The Kier molecular flexibility index (Phi) is 17.0. The molecule has 3 fully saturated rings. The lowest BCUT2D eigenvalue weighted by Crippen LogP contribution is -2.61. The van der Waals surface area contributed by atoms with Crippen LogP contribution < -0.4 is 48.3 Å². The van der Waals surface area contributed by atoms with E-state index in [-0.39, 0.29) is 12.1 Å². The summed E-state index contributed by atoms with van der Waals surface area (Å²) in [5, 5.41) is 50.0. The zero-order valence-corrected chi connectivity index (χ0v) is 41.6. The fraction of sp³-hybridized carbons (Fsp3) is 0.447. The molecule has 11 atom stereocenters. The Morgan fingerprint density at radius 1 is 0.500 bits per heavy atom. The van der Waals surface area contributed by atoms with Crippen LogP contribution in [0.3, 0.4) is 0 Å². The zero-order chi connectivity index (χ0) is 51.3. The molecular formula is C47H59N9O11S3. The number of hydrogen-bond donors (Lipinski definition) is 12. The van der Waals surface area contributed by atoms with E-state index < -0.39 is 126 Å². The predicted molar refractivity (Wildman–Crippen MR) is 265 cm³/mol. The topological polar surface area (TPSA) is 320 Å². The molecule has 13 N–H and O–H groups in total. The molecule has 3 aromatic rings. The Bertz CT molecular complexity index is 2440.